The third-order valence-electron chi connectivity index (χ3n) is 5.49. The lowest BCUT2D eigenvalue weighted by atomic mass is 9.99. The fourth-order valence-corrected chi connectivity index (χ4v) is 5.33. The van der Waals surface area contributed by atoms with Gasteiger partial charge >= 0.3 is 18.3 Å². The summed E-state index contributed by atoms with van der Waals surface area (Å²) >= 11 is 7.34. The molecule has 0 saturated heterocycles. The molecule has 0 aliphatic heterocycles. The number of hydrogen-bond donors (Lipinski definition) is 1. The average Bonchev–Trinajstić information content (AvgIpc) is 3.11. The first-order valence-electron chi connectivity index (χ1n) is 10.8. The van der Waals surface area contributed by atoms with Gasteiger partial charge in [0.05, 0.1) is 24.3 Å². The molecule has 1 N–H and O–H groups in total. The molecular weight excluding hydrogens is 510 g/mol. The van der Waals surface area contributed by atoms with Crippen LogP contribution in [-0.2, 0) is 26.6 Å². The Morgan fingerprint density at radius 3 is 2.26 bits per heavy atom. The molecule has 1 aliphatic carbocycles. The third kappa shape index (κ3) is 9.47. The summed E-state index contributed by atoms with van der Waals surface area (Å²) in [6, 6.07) is 1.60. The summed E-state index contributed by atoms with van der Waals surface area (Å²) in [5.74, 6) is -0.153. The van der Waals surface area contributed by atoms with Crippen LogP contribution in [0, 0.1) is 11.8 Å². The van der Waals surface area contributed by atoms with Gasteiger partial charge in [0.2, 0.25) is 0 Å². The van der Waals surface area contributed by atoms with Crippen LogP contribution in [0.25, 0.3) is 0 Å². The van der Waals surface area contributed by atoms with Crippen LogP contribution in [0.1, 0.15) is 43.2 Å². The Morgan fingerprint density at radius 1 is 1.03 bits per heavy atom. The van der Waals surface area contributed by atoms with Crippen LogP contribution < -0.4 is 0 Å². The molecule has 2 rings (SSSR count). The molecule has 0 aromatic heterocycles. The van der Waals surface area contributed by atoms with E-state index in [0.29, 0.717) is 44.6 Å². The maximum atomic E-state index is 13.1. The van der Waals surface area contributed by atoms with Gasteiger partial charge < -0.3 is 14.6 Å². The highest BCUT2D eigenvalue weighted by Gasteiger charge is 2.38. The molecule has 0 amide bonds. The second-order valence-corrected chi connectivity index (χ2v) is 9.70. The largest absolute Gasteiger partial charge is 0.463 e. The Bertz CT molecular complexity index is 757. The van der Waals surface area contributed by atoms with E-state index in [4.69, 9.17) is 26.2 Å². The van der Waals surface area contributed by atoms with Gasteiger partial charge in [-0.15, -0.1) is 23.4 Å². The summed E-state index contributed by atoms with van der Waals surface area (Å²) < 4.78 is 88.9. The number of unbranched alkanes of at least 4 members (excludes halogenated alkanes) is 1. The first kappa shape index (κ1) is 29.1. The van der Waals surface area contributed by atoms with E-state index in [1.54, 1.807) is 0 Å². The standard InChI is InChI=1S/C22H27ClF6O4S/c23-19-5-4-14(18(19)12-32-7-2-1-3-20(31)33-8-6-30)13-34-17-10-15(21(24,25)26)9-16(11-17)22(27,28)29/h9-11,14,18-19,30H,1-8,12-13H2/t14-,18-,19?/m1/s1. The molecule has 12 heteroatoms. The van der Waals surface area contributed by atoms with Crippen LogP contribution in [0.3, 0.4) is 0 Å². The zero-order chi connectivity index (χ0) is 25.4. The number of benzene rings is 1. The van der Waals surface area contributed by atoms with E-state index in [9.17, 15) is 31.1 Å². The first-order valence-corrected chi connectivity index (χ1v) is 12.2. The minimum Gasteiger partial charge on any atom is -0.463 e. The monoisotopic (exact) mass is 536 g/mol. The highest BCUT2D eigenvalue weighted by atomic mass is 35.5. The molecule has 1 aromatic rings. The molecule has 1 aliphatic rings. The van der Waals surface area contributed by atoms with Crippen LogP contribution in [0.2, 0.25) is 0 Å². The summed E-state index contributed by atoms with van der Waals surface area (Å²) in [6.45, 7) is 0.443. The summed E-state index contributed by atoms with van der Waals surface area (Å²) in [4.78, 5) is 11.3. The first-order chi connectivity index (χ1) is 15.9. The predicted octanol–water partition coefficient (Wildman–Crippen LogP) is 6.17. The van der Waals surface area contributed by atoms with Crippen LogP contribution in [-0.4, -0.2) is 48.6 Å². The lowest BCUT2D eigenvalue weighted by Crippen LogP contribution is -2.23. The molecular formula is C22H27ClF6O4S. The zero-order valence-electron chi connectivity index (χ0n) is 18.3. The number of aliphatic hydroxyl groups is 1. The van der Waals surface area contributed by atoms with Gasteiger partial charge in [0.1, 0.15) is 6.61 Å². The van der Waals surface area contributed by atoms with Crippen molar-refractivity contribution in [3.8, 4) is 0 Å². The highest BCUT2D eigenvalue weighted by Crippen LogP contribution is 2.42. The van der Waals surface area contributed by atoms with Crippen molar-refractivity contribution in [3.63, 3.8) is 0 Å². The van der Waals surface area contributed by atoms with Gasteiger partial charge in [-0.05, 0) is 49.8 Å². The highest BCUT2D eigenvalue weighted by molar-refractivity contribution is 7.99. The Balaban J connectivity index is 1.86. The van der Waals surface area contributed by atoms with Crippen molar-refractivity contribution in [1.29, 1.82) is 0 Å². The van der Waals surface area contributed by atoms with E-state index in [0.717, 1.165) is 23.9 Å². The van der Waals surface area contributed by atoms with Crippen molar-refractivity contribution in [2.45, 2.75) is 54.7 Å². The number of aliphatic hydroxyl groups excluding tert-OH is 1. The summed E-state index contributed by atoms with van der Waals surface area (Å²) in [5.41, 5.74) is -2.65. The molecule has 0 bridgehead atoms. The fraction of sp³-hybridized carbons (Fsp3) is 0.682. The third-order valence-corrected chi connectivity index (χ3v) is 7.20. The number of thioether (sulfide) groups is 1. The SMILES string of the molecule is O=C(CCCCOC[C@H]1C(Cl)CC[C@@H]1CSc1cc(C(F)(F)F)cc(C(F)(F)F)c1)OCCO. The van der Waals surface area contributed by atoms with E-state index in [1.807, 2.05) is 0 Å². The van der Waals surface area contributed by atoms with Gasteiger partial charge in [-0.1, -0.05) is 0 Å². The van der Waals surface area contributed by atoms with Gasteiger partial charge in [-0.3, -0.25) is 4.79 Å². The van der Waals surface area contributed by atoms with Gasteiger partial charge in [0, 0.05) is 35.0 Å². The Hall–Kier alpha value is -1.17. The molecule has 1 aromatic carbocycles. The predicted molar refractivity (Wildman–Crippen MR) is 116 cm³/mol. The smallest absolute Gasteiger partial charge is 0.416 e. The molecule has 4 nitrogen and oxygen atoms in total. The van der Waals surface area contributed by atoms with Gasteiger partial charge in [-0.2, -0.15) is 26.3 Å². The number of hydrogen-bond acceptors (Lipinski definition) is 5. The molecule has 34 heavy (non-hydrogen) atoms. The van der Waals surface area contributed by atoms with Crippen LogP contribution in [0.4, 0.5) is 26.3 Å². The fourth-order valence-electron chi connectivity index (χ4n) is 3.68. The molecule has 1 fully saturated rings. The van der Waals surface area contributed by atoms with Crippen molar-refractivity contribution in [2.24, 2.45) is 11.8 Å². The minimum absolute atomic E-state index is 0.00941. The zero-order valence-corrected chi connectivity index (χ0v) is 19.8. The summed E-state index contributed by atoms with van der Waals surface area (Å²) in [5, 5.41) is 8.41. The molecule has 1 unspecified atom stereocenters. The average molecular weight is 537 g/mol. The van der Waals surface area contributed by atoms with E-state index >= 15 is 0 Å². The molecule has 1 saturated carbocycles. The van der Waals surface area contributed by atoms with Crippen molar-refractivity contribution in [1.82, 2.24) is 0 Å². The van der Waals surface area contributed by atoms with Crippen molar-refractivity contribution < 1.29 is 45.7 Å². The maximum Gasteiger partial charge on any atom is 0.416 e. The number of alkyl halides is 7. The summed E-state index contributed by atoms with van der Waals surface area (Å²) in [6.07, 6.45) is -6.99. The molecule has 194 valence electrons. The second-order valence-electron chi connectivity index (χ2n) is 8.05. The van der Waals surface area contributed by atoms with Gasteiger partial charge in [0.25, 0.3) is 0 Å². The van der Waals surface area contributed by atoms with Crippen LogP contribution >= 0.6 is 23.4 Å². The number of carbonyl (C=O) groups is 1. The van der Waals surface area contributed by atoms with Crippen molar-refractivity contribution in [2.75, 3.05) is 32.2 Å². The number of esters is 1. The van der Waals surface area contributed by atoms with E-state index in [-0.39, 0.29) is 47.8 Å². The van der Waals surface area contributed by atoms with Crippen LogP contribution in [0.5, 0.6) is 0 Å². The van der Waals surface area contributed by atoms with E-state index < -0.39 is 29.4 Å². The van der Waals surface area contributed by atoms with Crippen LogP contribution in [0.15, 0.2) is 23.1 Å². The number of rotatable bonds is 12. The Morgan fingerprint density at radius 2 is 1.68 bits per heavy atom. The number of carbonyl (C=O) groups excluding carboxylic acids is 1. The minimum atomic E-state index is -4.88. The number of ether oxygens (including phenoxy) is 2. The Labute approximate surface area is 203 Å². The lowest BCUT2D eigenvalue weighted by molar-refractivity contribution is -0.145. The molecule has 0 spiro atoms. The van der Waals surface area contributed by atoms with E-state index in [1.165, 1.54) is 0 Å². The molecule has 3 atom stereocenters. The quantitative estimate of drug-likeness (QED) is 0.114. The second kappa shape index (κ2) is 13.2. The van der Waals surface area contributed by atoms with Crippen molar-refractivity contribution >= 4 is 29.3 Å². The lowest BCUT2D eigenvalue weighted by Gasteiger charge is -2.22. The Kier molecular flexibility index (Phi) is 11.3. The normalized spacial score (nSPS) is 21.1. The van der Waals surface area contributed by atoms with E-state index in [2.05, 4.69) is 0 Å². The topological polar surface area (TPSA) is 55.8 Å². The maximum absolute atomic E-state index is 13.1. The van der Waals surface area contributed by atoms with Crippen molar-refractivity contribution in [3.05, 3.63) is 29.3 Å². The van der Waals surface area contributed by atoms with Gasteiger partial charge in [-0.25, -0.2) is 0 Å². The molecule has 0 heterocycles. The summed E-state index contributed by atoms with van der Waals surface area (Å²) in [7, 11) is 0. The van der Waals surface area contributed by atoms with Gasteiger partial charge in [0.15, 0.2) is 0 Å². The molecule has 0 radical (unpaired) electrons. The number of halogens is 7.